The van der Waals surface area contributed by atoms with E-state index in [2.05, 4.69) is 22.1 Å². The van der Waals surface area contributed by atoms with Crippen molar-refractivity contribution in [2.24, 2.45) is 11.8 Å². The van der Waals surface area contributed by atoms with E-state index in [0.717, 1.165) is 25.5 Å². The lowest BCUT2D eigenvalue weighted by Gasteiger charge is -2.25. The molecule has 3 atom stereocenters. The van der Waals surface area contributed by atoms with Crippen LogP contribution in [0.2, 0.25) is 0 Å². The van der Waals surface area contributed by atoms with Crippen LogP contribution >= 0.6 is 0 Å². The van der Waals surface area contributed by atoms with Gasteiger partial charge in [0.05, 0.1) is 4.92 Å². The SMILES string of the molecule is Cc1cc(N2CC3CNCC3C2C)ncc1[N+](=O)[O-]. The summed E-state index contributed by atoms with van der Waals surface area (Å²) in [5, 5.41) is 14.2. The second-order valence-electron chi connectivity index (χ2n) is 5.56. The van der Waals surface area contributed by atoms with Crippen molar-refractivity contribution in [1.29, 1.82) is 0 Å². The number of fused-ring (bicyclic) bond motifs is 1. The fourth-order valence-electron chi connectivity index (χ4n) is 3.35. The molecule has 0 bridgehead atoms. The minimum absolute atomic E-state index is 0.0949. The molecule has 19 heavy (non-hydrogen) atoms. The molecule has 6 nitrogen and oxygen atoms in total. The number of anilines is 1. The number of rotatable bonds is 2. The molecular weight excluding hydrogens is 244 g/mol. The van der Waals surface area contributed by atoms with Crippen molar-refractivity contribution in [3.8, 4) is 0 Å². The van der Waals surface area contributed by atoms with Gasteiger partial charge in [-0.2, -0.15) is 0 Å². The monoisotopic (exact) mass is 262 g/mol. The summed E-state index contributed by atoms with van der Waals surface area (Å²) in [5.41, 5.74) is 0.773. The number of nitro groups is 1. The summed E-state index contributed by atoms with van der Waals surface area (Å²) in [6.45, 7) is 7.11. The number of aromatic nitrogens is 1. The summed E-state index contributed by atoms with van der Waals surface area (Å²) in [4.78, 5) is 17.0. The van der Waals surface area contributed by atoms with Crippen LogP contribution in [0.5, 0.6) is 0 Å². The number of hydrogen-bond donors (Lipinski definition) is 1. The quantitative estimate of drug-likeness (QED) is 0.643. The highest BCUT2D eigenvalue weighted by atomic mass is 16.6. The zero-order valence-corrected chi connectivity index (χ0v) is 11.2. The number of aryl methyl sites for hydroxylation is 1. The minimum atomic E-state index is -0.377. The Bertz CT molecular complexity index is 519. The Balaban J connectivity index is 1.87. The summed E-state index contributed by atoms with van der Waals surface area (Å²) in [7, 11) is 0. The van der Waals surface area contributed by atoms with Crippen molar-refractivity contribution in [3.05, 3.63) is 27.9 Å². The van der Waals surface area contributed by atoms with Gasteiger partial charge in [-0.15, -0.1) is 0 Å². The fraction of sp³-hybridized carbons (Fsp3) is 0.615. The lowest BCUT2D eigenvalue weighted by Crippen LogP contribution is -2.33. The average Bonchev–Trinajstić information content (AvgIpc) is 2.92. The van der Waals surface area contributed by atoms with Gasteiger partial charge < -0.3 is 10.2 Å². The summed E-state index contributed by atoms with van der Waals surface area (Å²) in [6.07, 6.45) is 1.38. The Hall–Kier alpha value is -1.69. The molecule has 1 N–H and O–H groups in total. The van der Waals surface area contributed by atoms with E-state index in [1.54, 1.807) is 6.92 Å². The molecule has 6 heteroatoms. The lowest BCUT2D eigenvalue weighted by atomic mass is 9.95. The molecule has 0 aromatic carbocycles. The molecule has 0 saturated carbocycles. The van der Waals surface area contributed by atoms with Crippen LogP contribution in [-0.4, -0.2) is 35.6 Å². The van der Waals surface area contributed by atoms with Gasteiger partial charge in [0, 0.05) is 31.2 Å². The first-order valence-corrected chi connectivity index (χ1v) is 6.66. The summed E-state index contributed by atoms with van der Waals surface area (Å²) in [5.74, 6) is 2.20. The van der Waals surface area contributed by atoms with Gasteiger partial charge in [0.15, 0.2) is 0 Å². The van der Waals surface area contributed by atoms with Crippen molar-refractivity contribution >= 4 is 11.5 Å². The van der Waals surface area contributed by atoms with Crippen molar-refractivity contribution in [1.82, 2.24) is 10.3 Å². The molecular formula is C13H18N4O2. The molecule has 0 spiro atoms. The first-order chi connectivity index (χ1) is 9.08. The molecule has 1 aromatic rings. The number of pyridine rings is 1. The van der Waals surface area contributed by atoms with E-state index in [1.165, 1.54) is 6.20 Å². The molecule has 0 radical (unpaired) electrons. The molecule has 3 unspecified atom stereocenters. The molecule has 2 fully saturated rings. The Kier molecular flexibility index (Phi) is 2.89. The molecule has 2 aliphatic rings. The maximum absolute atomic E-state index is 10.8. The first-order valence-electron chi connectivity index (χ1n) is 6.66. The van der Waals surface area contributed by atoms with Crippen LogP contribution in [0.3, 0.4) is 0 Å². The van der Waals surface area contributed by atoms with E-state index in [0.29, 0.717) is 23.4 Å². The highest BCUT2D eigenvalue weighted by molar-refractivity contribution is 5.50. The Morgan fingerprint density at radius 2 is 2.32 bits per heavy atom. The molecule has 3 heterocycles. The van der Waals surface area contributed by atoms with E-state index < -0.39 is 0 Å². The molecule has 1 aromatic heterocycles. The van der Waals surface area contributed by atoms with Gasteiger partial charge in [-0.1, -0.05) is 0 Å². The van der Waals surface area contributed by atoms with Crippen molar-refractivity contribution < 1.29 is 4.92 Å². The van der Waals surface area contributed by atoms with Crippen LogP contribution in [0.25, 0.3) is 0 Å². The van der Waals surface area contributed by atoms with Gasteiger partial charge in [-0.3, -0.25) is 10.1 Å². The highest BCUT2D eigenvalue weighted by Crippen LogP contribution is 2.35. The van der Waals surface area contributed by atoms with E-state index in [-0.39, 0.29) is 10.6 Å². The maximum Gasteiger partial charge on any atom is 0.290 e. The van der Waals surface area contributed by atoms with Crippen LogP contribution in [0.1, 0.15) is 12.5 Å². The zero-order chi connectivity index (χ0) is 13.6. The summed E-state index contributed by atoms with van der Waals surface area (Å²) >= 11 is 0. The van der Waals surface area contributed by atoms with E-state index in [9.17, 15) is 10.1 Å². The van der Waals surface area contributed by atoms with Gasteiger partial charge >= 0.3 is 0 Å². The highest BCUT2D eigenvalue weighted by Gasteiger charge is 2.42. The van der Waals surface area contributed by atoms with Crippen LogP contribution in [0, 0.1) is 28.9 Å². The normalized spacial score (nSPS) is 29.6. The van der Waals surface area contributed by atoms with Crippen LogP contribution in [0.15, 0.2) is 12.3 Å². The molecule has 2 aliphatic heterocycles. The maximum atomic E-state index is 10.8. The minimum Gasteiger partial charge on any atom is -0.353 e. The number of nitrogens with zero attached hydrogens (tertiary/aromatic N) is 3. The number of nitrogens with one attached hydrogen (secondary N) is 1. The van der Waals surface area contributed by atoms with Gasteiger partial charge in [0.25, 0.3) is 5.69 Å². The molecule has 0 aliphatic carbocycles. The van der Waals surface area contributed by atoms with Crippen molar-refractivity contribution in [2.75, 3.05) is 24.5 Å². The summed E-state index contributed by atoms with van der Waals surface area (Å²) < 4.78 is 0. The van der Waals surface area contributed by atoms with Crippen molar-refractivity contribution in [3.63, 3.8) is 0 Å². The van der Waals surface area contributed by atoms with Crippen LogP contribution in [-0.2, 0) is 0 Å². The Morgan fingerprint density at radius 3 is 2.95 bits per heavy atom. The molecule has 2 saturated heterocycles. The Morgan fingerprint density at radius 1 is 1.53 bits per heavy atom. The topological polar surface area (TPSA) is 71.3 Å². The third kappa shape index (κ3) is 1.96. The lowest BCUT2D eigenvalue weighted by molar-refractivity contribution is -0.385. The van der Waals surface area contributed by atoms with Crippen LogP contribution in [0.4, 0.5) is 11.5 Å². The smallest absolute Gasteiger partial charge is 0.290 e. The average molecular weight is 262 g/mol. The summed E-state index contributed by atoms with van der Waals surface area (Å²) in [6, 6.07) is 2.27. The second kappa shape index (κ2) is 4.45. The van der Waals surface area contributed by atoms with Crippen LogP contribution < -0.4 is 10.2 Å². The largest absolute Gasteiger partial charge is 0.353 e. The third-order valence-corrected chi connectivity index (χ3v) is 4.49. The van der Waals surface area contributed by atoms with E-state index in [4.69, 9.17) is 0 Å². The third-order valence-electron chi connectivity index (χ3n) is 4.49. The van der Waals surface area contributed by atoms with Gasteiger partial charge in [-0.25, -0.2) is 4.98 Å². The fourth-order valence-corrected chi connectivity index (χ4v) is 3.35. The van der Waals surface area contributed by atoms with E-state index >= 15 is 0 Å². The van der Waals surface area contributed by atoms with Crippen molar-refractivity contribution in [2.45, 2.75) is 19.9 Å². The van der Waals surface area contributed by atoms with Gasteiger partial charge in [0.1, 0.15) is 12.0 Å². The Labute approximate surface area is 112 Å². The van der Waals surface area contributed by atoms with Gasteiger partial charge in [-0.05, 0) is 31.7 Å². The molecule has 0 amide bonds. The number of hydrogen-bond acceptors (Lipinski definition) is 5. The van der Waals surface area contributed by atoms with E-state index in [1.807, 2.05) is 6.07 Å². The molecule has 3 rings (SSSR count). The molecule has 102 valence electrons. The zero-order valence-electron chi connectivity index (χ0n) is 11.2. The first kappa shape index (κ1) is 12.3. The standard InChI is InChI=1S/C13H18N4O2/c1-8-3-13(15-6-12(8)17(18)19)16-7-10-4-14-5-11(10)9(16)2/h3,6,9-11,14H,4-5,7H2,1-2H3. The van der Waals surface area contributed by atoms with Gasteiger partial charge in [0.2, 0.25) is 0 Å². The predicted octanol–water partition coefficient (Wildman–Crippen LogP) is 1.34. The predicted molar refractivity (Wildman–Crippen MR) is 72.3 cm³/mol. The second-order valence-corrected chi connectivity index (χ2v) is 5.56.